The van der Waals surface area contributed by atoms with E-state index in [1.807, 2.05) is 37.7 Å². The van der Waals surface area contributed by atoms with Crippen molar-refractivity contribution in [3.05, 3.63) is 18.2 Å². The summed E-state index contributed by atoms with van der Waals surface area (Å²) in [6.07, 6.45) is 0. The van der Waals surface area contributed by atoms with E-state index in [2.05, 4.69) is 15.4 Å². The van der Waals surface area contributed by atoms with Crippen LogP contribution in [0.1, 0.15) is 0 Å². The van der Waals surface area contributed by atoms with Crippen molar-refractivity contribution in [1.82, 2.24) is 20.1 Å². The van der Waals surface area contributed by atoms with Crippen LogP contribution in [0.15, 0.2) is 23.3 Å². The molecule has 2 rings (SSSR count). The average molecular weight is 349 g/mol. The second-order valence-corrected chi connectivity index (χ2v) is 4.88. The zero-order valence-electron chi connectivity index (χ0n) is 13.4. The van der Waals surface area contributed by atoms with Crippen LogP contribution in [-0.2, 0) is 0 Å². The summed E-state index contributed by atoms with van der Waals surface area (Å²) < 4.78 is 40.8. The molecule has 2 aromatic rings. The summed E-state index contributed by atoms with van der Waals surface area (Å²) in [6.45, 7) is 0. The maximum absolute atomic E-state index is 9.75. The smallest absolute Gasteiger partial charge is 0.418 e. The number of para-hydroxylation sites is 1. The standard InChI is InChI=1S/C11H16N7O.BF4/c1-16(2)11(17(3)4)19-18-10-8(13-12)6-5-7-9(10)14-15-18;2-1(3,4)5/h5-7,12H,1-4H3;/q+1;-1. The number of rotatable bonds is 2. The molecule has 0 unspecified atom stereocenters. The molecule has 0 saturated carbocycles. The first-order valence-corrected chi connectivity index (χ1v) is 6.53. The van der Waals surface area contributed by atoms with Gasteiger partial charge in [0.05, 0.1) is 28.2 Å². The molecular formula is C11H16BF4N7O. The predicted molar refractivity (Wildman–Crippen MR) is 79.9 cm³/mol. The Kier molecular flexibility index (Phi) is 6.20. The SMILES string of the molecule is CN(C)C(On1nnc2cccc(N=N)c21)=[N+](C)C.F[B-](F)(F)F. The lowest BCUT2D eigenvalue weighted by atomic mass is 10.3. The molecule has 0 aliphatic carbocycles. The normalized spacial score (nSPS) is 10.7. The third-order valence-electron chi connectivity index (χ3n) is 2.47. The Bertz CT molecular complexity index is 734. The molecule has 0 saturated heterocycles. The molecule has 0 bridgehead atoms. The lowest BCUT2D eigenvalue weighted by Gasteiger charge is -2.10. The van der Waals surface area contributed by atoms with Crippen LogP contribution < -0.4 is 4.84 Å². The zero-order valence-corrected chi connectivity index (χ0v) is 13.4. The number of fused-ring (bicyclic) bond motifs is 1. The molecule has 0 spiro atoms. The van der Waals surface area contributed by atoms with Gasteiger partial charge in [-0.1, -0.05) is 10.9 Å². The van der Waals surface area contributed by atoms with Gasteiger partial charge in [0, 0.05) is 0 Å². The topological polar surface area (TPSA) is 82.4 Å². The van der Waals surface area contributed by atoms with Crippen LogP contribution in [0.4, 0.5) is 23.0 Å². The average Bonchev–Trinajstić information content (AvgIpc) is 2.85. The third kappa shape index (κ3) is 5.48. The molecule has 0 amide bonds. The van der Waals surface area contributed by atoms with Gasteiger partial charge in [0.15, 0.2) is 5.52 Å². The van der Waals surface area contributed by atoms with E-state index in [9.17, 15) is 17.3 Å². The Hall–Kier alpha value is -2.73. The molecule has 1 heterocycles. The number of nitrogens with one attached hydrogen (secondary N) is 1. The summed E-state index contributed by atoms with van der Waals surface area (Å²) in [5.74, 6) is 0. The van der Waals surface area contributed by atoms with Crippen LogP contribution in [0.5, 0.6) is 0 Å². The van der Waals surface area contributed by atoms with Crippen LogP contribution in [0.3, 0.4) is 0 Å². The van der Waals surface area contributed by atoms with Gasteiger partial charge in [-0.05, 0) is 17.3 Å². The quantitative estimate of drug-likeness (QED) is 0.225. The van der Waals surface area contributed by atoms with Crippen molar-refractivity contribution in [1.29, 1.82) is 5.53 Å². The Balaban J connectivity index is 0.000000505. The third-order valence-corrected chi connectivity index (χ3v) is 2.47. The molecule has 1 aromatic heterocycles. The molecule has 0 aliphatic rings. The van der Waals surface area contributed by atoms with Crippen LogP contribution in [0.2, 0.25) is 0 Å². The van der Waals surface area contributed by atoms with Crippen molar-refractivity contribution in [2.75, 3.05) is 28.2 Å². The van der Waals surface area contributed by atoms with Gasteiger partial charge in [0.2, 0.25) is 0 Å². The molecule has 0 aliphatic heterocycles. The number of amidine groups is 1. The molecule has 0 atom stereocenters. The number of hydrogen-bond acceptors (Lipinski definition) is 5. The fourth-order valence-electron chi connectivity index (χ4n) is 1.72. The van der Waals surface area contributed by atoms with Crippen LogP contribution in [-0.4, -0.2) is 66.1 Å². The first-order chi connectivity index (χ1) is 11.0. The van der Waals surface area contributed by atoms with Crippen molar-refractivity contribution in [2.45, 2.75) is 0 Å². The van der Waals surface area contributed by atoms with E-state index < -0.39 is 7.25 Å². The fourth-order valence-corrected chi connectivity index (χ4v) is 1.72. The van der Waals surface area contributed by atoms with E-state index in [-0.39, 0.29) is 0 Å². The minimum Gasteiger partial charge on any atom is -0.418 e. The highest BCUT2D eigenvalue weighted by molar-refractivity contribution is 6.50. The molecule has 13 heteroatoms. The Morgan fingerprint density at radius 1 is 1.29 bits per heavy atom. The van der Waals surface area contributed by atoms with Gasteiger partial charge in [-0.2, -0.15) is 5.11 Å². The van der Waals surface area contributed by atoms with Crippen molar-refractivity contribution in [2.24, 2.45) is 5.11 Å². The summed E-state index contributed by atoms with van der Waals surface area (Å²) >= 11 is 0. The summed E-state index contributed by atoms with van der Waals surface area (Å²) in [5.41, 5.74) is 8.84. The number of benzene rings is 1. The summed E-state index contributed by atoms with van der Waals surface area (Å²) in [6, 6.07) is 5.87. The van der Waals surface area contributed by atoms with E-state index in [0.717, 1.165) is 0 Å². The van der Waals surface area contributed by atoms with Crippen LogP contribution in [0.25, 0.3) is 11.0 Å². The maximum atomic E-state index is 9.75. The van der Waals surface area contributed by atoms with Gasteiger partial charge in [0.1, 0.15) is 11.2 Å². The number of aromatic nitrogens is 3. The molecule has 132 valence electrons. The van der Waals surface area contributed by atoms with Gasteiger partial charge in [-0.3, -0.25) is 4.84 Å². The number of halogens is 4. The zero-order chi connectivity index (χ0) is 18.5. The lowest BCUT2D eigenvalue weighted by Crippen LogP contribution is -2.39. The number of nitrogens with zero attached hydrogens (tertiary/aromatic N) is 6. The van der Waals surface area contributed by atoms with Crippen LogP contribution >= 0.6 is 0 Å². The lowest BCUT2D eigenvalue weighted by molar-refractivity contribution is -0.480. The minimum absolute atomic E-state index is 0.458. The van der Waals surface area contributed by atoms with E-state index in [4.69, 9.17) is 10.4 Å². The highest BCUT2D eigenvalue weighted by atomic mass is 19.5. The van der Waals surface area contributed by atoms with Crippen molar-refractivity contribution in [3.8, 4) is 0 Å². The van der Waals surface area contributed by atoms with Gasteiger partial charge in [-0.15, -0.1) is 5.10 Å². The molecule has 24 heavy (non-hydrogen) atoms. The largest absolute Gasteiger partial charge is 0.673 e. The molecule has 0 fully saturated rings. The van der Waals surface area contributed by atoms with E-state index in [1.54, 1.807) is 18.2 Å². The van der Waals surface area contributed by atoms with Gasteiger partial charge in [-0.25, -0.2) is 15.0 Å². The first-order valence-electron chi connectivity index (χ1n) is 6.53. The Labute approximate surface area is 134 Å². The van der Waals surface area contributed by atoms with Crippen molar-refractivity contribution in [3.63, 3.8) is 0 Å². The Morgan fingerprint density at radius 3 is 2.33 bits per heavy atom. The fraction of sp³-hybridized carbons (Fsp3) is 0.364. The van der Waals surface area contributed by atoms with Gasteiger partial charge < -0.3 is 17.3 Å². The molecular weight excluding hydrogens is 333 g/mol. The minimum atomic E-state index is -6.00. The highest BCUT2D eigenvalue weighted by Crippen LogP contribution is 2.23. The summed E-state index contributed by atoms with van der Waals surface area (Å²) in [5, 5.41) is 11.4. The number of hydrogen-bond donors (Lipinski definition) is 1. The van der Waals surface area contributed by atoms with E-state index in [0.29, 0.717) is 22.7 Å². The predicted octanol–water partition coefficient (Wildman–Crippen LogP) is 2.01. The first kappa shape index (κ1) is 19.3. The molecule has 1 N–H and O–H groups in total. The summed E-state index contributed by atoms with van der Waals surface area (Å²) in [4.78, 5) is 8.79. The van der Waals surface area contributed by atoms with Crippen molar-refractivity contribution >= 4 is 30.0 Å². The van der Waals surface area contributed by atoms with Gasteiger partial charge in [0.25, 0.3) is 0 Å². The summed E-state index contributed by atoms with van der Waals surface area (Å²) in [7, 11) is 1.46. The molecule has 1 aromatic carbocycles. The van der Waals surface area contributed by atoms with Crippen molar-refractivity contribution < 1.29 is 26.7 Å². The van der Waals surface area contributed by atoms with E-state index in [1.165, 1.54) is 4.85 Å². The monoisotopic (exact) mass is 349 g/mol. The maximum Gasteiger partial charge on any atom is 0.673 e. The highest BCUT2D eigenvalue weighted by Gasteiger charge is 2.20. The van der Waals surface area contributed by atoms with Gasteiger partial charge >= 0.3 is 13.3 Å². The molecule has 8 nitrogen and oxygen atoms in total. The second-order valence-electron chi connectivity index (χ2n) is 4.88. The molecule has 0 radical (unpaired) electrons. The van der Waals surface area contributed by atoms with Crippen LogP contribution in [0, 0.1) is 5.53 Å². The Morgan fingerprint density at radius 2 is 1.88 bits per heavy atom. The van der Waals surface area contributed by atoms with E-state index >= 15 is 0 Å². The second kappa shape index (κ2) is 7.70.